The maximum Gasteiger partial charge on any atom is 0.437 e. The summed E-state index contributed by atoms with van der Waals surface area (Å²) in [5, 5.41) is 0. The largest absolute Gasteiger partial charge is 0.437 e. The van der Waals surface area contributed by atoms with Gasteiger partial charge in [-0.15, -0.1) is 7.77 Å². The van der Waals surface area contributed by atoms with Crippen molar-refractivity contribution in [2.75, 3.05) is 0 Å². The van der Waals surface area contributed by atoms with Crippen LogP contribution in [0.25, 0.3) is 0 Å². The van der Waals surface area contributed by atoms with Crippen LogP contribution in [-0.4, -0.2) is 10.5 Å². The minimum absolute atomic E-state index is 2.25. The van der Waals surface area contributed by atoms with Gasteiger partial charge in [0.2, 0.25) is 4.32 Å². The average Bonchev–Trinajstić information content (AvgIpc) is 1.62. The van der Waals surface area contributed by atoms with Gasteiger partial charge >= 0.3 is 6.18 Å². The second-order valence-electron chi connectivity index (χ2n) is 0.984. The standard InChI is InChI=1S/C2ClF5S/c3-1(9(7)8)2(4,5)6. The number of halogens is 6. The van der Waals surface area contributed by atoms with Crippen LogP contribution < -0.4 is 0 Å². The molecule has 0 atom stereocenters. The highest BCUT2D eigenvalue weighted by Gasteiger charge is 2.36. The molecule has 0 N–H and O–H groups in total. The minimum Gasteiger partial charge on any atom is -0.164 e. The third-order valence-corrected chi connectivity index (χ3v) is 1.42. The van der Waals surface area contributed by atoms with Gasteiger partial charge in [-0.05, 0) is 0 Å². The molecule has 0 nitrogen and oxygen atoms in total. The van der Waals surface area contributed by atoms with E-state index in [-0.39, 0.29) is 0 Å². The molecule has 0 aromatic rings. The fourth-order valence-electron chi connectivity index (χ4n) is 0.0875. The summed E-state index contributed by atoms with van der Waals surface area (Å²) in [7, 11) is 0. The molecule has 0 bridgehead atoms. The molecule has 0 rings (SSSR count). The van der Waals surface area contributed by atoms with E-state index in [1.165, 1.54) is 0 Å². The van der Waals surface area contributed by atoms with Gasteiger partial charge in [-0.2, -0.15) is 13.2 Å². The lowest BCUT2D eigenvalue weighted by molar-refractivity contribution is -0.0538. The van der Waals surface area contributed by atoms with Crippen LogP contribution in [0.1, 0.15) is 0 Å². The zero-order chi connectivity index (χ0) is 7.65. The summed E-state index contributed by atoms with van der Waals surface area (Å²) in [5.74, 6) is 0. The van der Waals surface area contributed by atoms with Gasteiger partial charge in [-0.1, -0.05) is 11.6 Å². The van der Waals surface area contributed by atoms with Crippen LogP contribution in [-0.2, 0) is 0 Å². The van der Waals surface area contributed by atoms with Crippen LogP contribution in [0.4, 0.5) is 20.9 Å². The Morgan fingerprint density at radius 2 is 1.56 bits per heavy atom. The predicted octanol–water partition coefficient (Wildman–Crippen LogP) is 2.96. The molecule has 0 spiro atoms. The molecule has 0 saturated carbocycles. The molecule has 56 valence electrons. The van der Waals surface area contributed by atoms with Gasteiger partial charge in [-0.3, -0.25) is 0 Å². The maximum absolute atomic E-state index is 11.1. The fourth-order valence-corrected chi connectivity index (χ4v) is 0.262. The second kappa shape index (κ2) is 2.83. The van der Waals surface area contributed by atoms with Crippen LogP contribution >= 0.6 is 22.9 Å². The molecule has 7 heteroatoms. The van der Waals surface area contributed by atoms with E-state index >= 15 is 0 Å². The molecule has 0 heterocycles. The monoisotopic (exact) mass is 186 g/mol. The molecule has 0 aliphatic heterocycles. The SMILES string of the molecule is FS(F)=C(Cl)C(F)(F)F. The highest BCUT2D eigenvalue weighted by molar-refractivity contribution is 8.08. The summed E-state index contributed by atoms with van der Waals surface area (Å²) in [6, 6.07) is 0. The Hall–Kier alpha value is 0.160. The van der Waals surface area contributed by atoms with Gasteiger partial charge < -0.3 is 0 Å². The first-order valence-corrected chi connectivity index (χ1v) is 2.92. The first-order valence-electron chi connectivity index (χ1n) is 1.52. The molecule has 0 amide bonds. The summed E-state index contributed by atoms with van der Waals surface area (Å²) >= 11 is 0.273. The van der Waals surface area contributed by atoms with E-state index in [1.807, 2.05) is 0 Å². The molecule has 0 aromatic heterocycles. The maximum atomic E-state index is 11.1. The van der Waals surface area contributed by atoms with Crippen molar-refractivity contribution in [1.29, 1.82) is 0 Å². The fraction of sp³-hybridized carbons (Fsp3) is 0.500. The third kappa shape index (κ3) is 3.00. The van der Waals surface area contributed by atoms with E-state index in [1.54, 1.807) is 0 Å². The van der Waals surface area contributed by atoms with Crippen molar-refractivity contribution in [3.05, 3.63) is 0 Å². The van der Waals surface area contributed by atoms with Gasteiger partial charge in [0.1, 0.15) is 0 Å². The summed E-state index contributed by atoms with van der Waals surface area (Å²) in [4.78, 5) is 0. The van der Waals surface area contributed by atoms with Crippen molar-refractivity contribution < 1.29 is 20.9 Å². The quantitative estimate of drug-likeness (QED) is 0.310. The summed E-state index contributed by atoms with van der Waals surface area (Å²) in [6.45, 7) is 0. The number of hydrogen-bond donors (Lipinski definition) is 0. The van der Waals surface area contributed by atoms with Crippen molar-refractivity contribution in [3.63, 3.8) is 0 Å². The van der Waals surface area contributed by atoms with Gasteiger partial charge in [-0.25, -0.2) is 0 Å². The topological polar surface area (TPSA) is 0 Å². The first kappa shape index (κ1) is 9.16. The number of hydrogen-bond acceptors (Lipinski definition) is 0. The Balaban J connectivity index is 4.40. The summed E-state index contributed by atoms with van der Waals surface area (Å²) in [5.41, 5.74) is 0. The molecule has 0 aromatic carbocycles. The molecule has 0 unspecified atom stereocenters. The van der Waals surface area contributed by atoms with E-state index in [2.05, 4.69) is 11.6 Å². The van der Waals surface area contributed by atoms with Gasteiger partial charge in [0.25, 0.3) is 0 Å². The highest BCUT2D eigenvalue weighted by atomic mass is 35.5. The lowest BCUT2D eigenvalue weighted by Gasteiger charge is -2.00. The van der Waals surface area contributed by atoms with Crippen molar-refractivity contribution in [2.24, 2.45) is 0 Å². The van der Waals surface area contributed by atoms with E-state index < -0.39 is 21.8 Å². The Morgan fingerprint density at radius 3 is 1.56 bits per heavy atom. The number of rotatable bonds is 0. The smallest absolute Gasteiger partial charge is 0.164 e. The molecule has 0 saturated heterocycles. The van der Waals surface area contributed by atoms with Crippen LogP contribution in [0.15, 0.2) is 0 Å². The minimum atomic E-state index is -5.08. The van der Waals surface area contributed by atoms with Crippen LogP contribution in [0.2, 0.25) is 0 Å². The van der Waals surface area contributed by atoms with E-state index in [0.717, 1.165) is 0 Å². The Labute approximate surface area is 55.1 Å². The molecule has 0 radical (unpaired) electrons. The van der Waals surface area contributed by atoms with Crippen molar-refractivity contribution in [1.82, 2.24) is 0 Å². The zero-order valence-electron chi connectivity index (χ0n) is 3.68. The van der Waals surface area contributed by atoms with Crippen molar-refractivity contribution in [3.8, 4) is 0 Å². The van der Waals surface area contributed by atoms with Crippen molar-refractivity contribution in [2.45, 2.75) is 6.18 Å². The van der Waals surface area contributed by atoms with Gasteiger partial charge in [0.05, 0.1) is 0 Å². The summed E-state index contributed by atoms with van der Waals surface area (Å²) < 4.78 is 53.1. The van der Waals surface area contributed by atoms with Crippen molar-refractivity contribution >= 4 is 27.2 Å². The zero-order valence-corrected chi connectivity index (χ0v) is 5.25. The predicted molar refractivity (Wildman–Crippen MR) is 26.7 cm³/mol. The second-order valence-corrected chi connectivity index (χ2v) is 2.42. The normalized spacial score (nSPS) is 12.3. The molecular formula is C2ClF5S. The van der Waals surface area contributed by atoms with E-state index in [4.69, 9.17) is 0 Å². The lowest BCUT2D eigenvalue weighted by atomic mass is 10.8. The highest BCUT2D eigenvalue weighted by Crippen LogP contribution is 2.30. The average molecular weight is 187 g/mol. The Bertz CT molecular complexity index is 132. The molecule has 0 fully saturated rings. The van der Waals surface area contributed by atoms with Gasteiger partial charge in [0.15, 0.2) is 11.3 Å². The lowest BCUT2D eigenvalue weighted by Crippen LogP contribution is -2.15. The summed E-state index contributed by atoms with van der Waals surface area (Å²) in [6.07, 6.45) is -5.08. The Morgan fingerprint density at radius 1 is 1.22 bits per heavy atom. The van der Waals surface area contributed by atoms with E-state index in [9.17, 15) is 20.9 Å². The van der Waals surface area contributed by atoms with Crippen LogP contribution in [0.3, 0.4) is 0 Å². The third-order valence-electron chi connectivity index (χ3n) is 0.358. The molecule has 0 aliphatic rings. The van der Waals surface area contributed by atoms with Crippen LogP contribution in [0.5, 0.6) is 0 Å². The number of alkyl halides is 3. The van der Waals surface area contributed by atoms with E-state index in [0.29, 0.717) is 0 Å². The van der Waals surface area contributed by atoms with Gasteiger partial charge in [0, 0.05) is 0 Å². The molecular weight excluding hydrogens is 187 g/mol. The molecule has 9 heavy (non-hydrogen) atoms. The Kier molecular flexibility index (Phi) is 2.88. The molecule has 0 aliphatic carbocycles. The first-order chi connectivity index (χ1) is 3.85. The van der Waals surface area contributed by atoms with Crippen LogP contribution in [0, 0.1) is 0 Å².